The predicted octanol–water partition coefficient (Wildman–Crippen LogP) is 2.43. The minimum atomic E-state index is -0.431. The maximum atomic E-state index is 12.0. The summed E-state index contributed by atoms with van der Waals surface area (Å²) in [5, 5.41) is 2.76. The number of anilines is 1. The number of nitrogens with zero attached hydrogens (tertiary/aromatic N) is 1. The highest BCUT2D eigenvalue weighted by atomic mass is 16.5. The van der Waals surface area contributed by atoms with Crippen molar-refractivity contribution >= 4 is 17.6 Å². The van der Waals surface area contributed by atoms with Crippen LogP contribution in [0.4, 0.5) is 5.69 Å². The summed E-state index contributed by atoms with van der Waals surface area (Å²) >= 11 is 0. The van der Waals surface area contributed by atoms with Crippen molar-refractivity contribution in [1.82, 2.24) is 4.98 Å². The zero-order valence-electron chi connectivity index (χ0n) is 11.2. The first-order valence-corrected chi connectivity index (χ1v) is 6.03. The minimum Gasteiger partial charge on any atom is -0.465 e. The van der Waals surface area contributed by atoms with Gasteiger partial charge in [0.15, 0.2) is 0 Å². The molecule has 0 aliphatic carbocycles. The van der Waals surface area contributed by atoms with Crippen LogP contribution in [-0.2, 0) is 4.74 Å². The molecule has 0 saturated carbocycles. The number of hydrogen-bond donors (Lipinski definition) is 1. The number of carbonyl (C=O) groups excluding carboxylic acids is 2. The smallest absolute Gasteiger partial charge is 0.338 e. The van der Waals surface area contributed by atoms with Crippen molar-refractivity contribution < 1.29 is 14.3 Å². The number of hydrogen-bond acceptors (Lipinski definition) is 4. The summed E-state index contributed by atoms with van der Waals surface area (Å²) < 4.78 is 4.70. The highest BCUT2D eigenvalue weighted by Gasteiger charge is 2.14. The third-order valence-electron chi connectivity index (χ3n) is 2.91. The van der Waals surface area contributed by atoms with Crippen molar-refractivity contribution in [1.29, 1.82) is 0 Å². The van der Waals surface area contributed by atoms with E-state index in [1.165, 1.54) is 13.3 Å². The average Bonchev–Trinajstić information content (AvgIpc) is 2.49. The van der Waals surface area contributed by atoms with Crippen molar-refractivity contribution in [2.75, 3.05) is 12.4 Å². The van der Waals surface area contributed by atoms with Gasteiger partial charge >= 0.3 is 5.97 Å². The first kappa shape index (κ1) is 13.7. The Balaban J connectivity index is 2.26. The van der Waals surface area contributed by atoms with Gasteiger partial charge in [-0.3, -0.25) is 9.78 Å². The zero-order valence-corrected chi connectivity index (χ0v) is 11.2. The Bertz CT molecular complexity index is 639. The number of rotatable bonds is 3. The molecule has 0 atom stereocenters. The second kappa shape index (κ2) is 5.97. The van der Waals surface area contributed by atoms with Gasteiger partial charge in [-0.25, -0.2) is 4.79 Å². The molecule has 1 N–H and O–H groups in total. The van der Waals surface area contributed by atoms with Crippen LogP contribution in [0.5, 0.6) is 0 Å². The van der Waals surface area contributed by atoms with Crippen LogP contribution >= 0.6 is 0 Å². The van der Waals surface area contributed by atoms with Crippen LogP contribution in [-0.4, -0.2) is 24.0 Å². The molecule has 5 nitrogen and oxygen atoms in total. The van der Waals surface area contributed by atoms with Crippen molar-refractivity contribution in [3.05, 3.63) is 59.4 Å². The number of nitrogens with one attached hydrogen (secondary N) is 1. The predicted molar refractivity (Wildman–Crippen MR) is 74.7 cm³/mol. The van der Waals surface area contributed by atoms with Gasteiger partial charge in [-0.15, -0.1) is 0 Å². The van der Waals surface area contributed by atoms with Gasteiger partial charge in [0, 0.05) is 18.1 Å². The Hall–Kier alpha value is -2.69. The number of ether oxygens (including phenoxy) is 1. The van der Waals surface area contributed by atoms with Gasteiger partial charge in [-0.1, -0.05) is 6.07 Å². The summed E-state index contributed by atoms with van der Waals surface area (Å²) in [4.78, 5) is 27.5. The lowest BCUT2D eigenvalue weighted by Gasteiger charge is -2.11. The molecule has 0 radical (unpaired) electrons. The summed E-state index contributed by atoms with van der Waals surface area (Å²) in [7, 11) is 1.32. The van der Waals surface area contributed by atoms with Gasteiger partial charge in [-0.05, 0) is 36.8 Å². The monoisotopic (exact) mass is 270 g/mol. The van der Waals surface area contributed by atoms with E-state index in [9.17, 15) is 9.59 Å². The van der Waals surface area contributed by atoms with E-state index in [1.807, 2.05) is 0 Å². The van der Waals surface area contributed by atoms with Crippen LogP contribution in [0.3, 0.4) is 0 Å². The second-order valence-corrected chi connectivity index (χ2v) is 4.17. The number of pyridine rings is 1. The Morgan fingerprint density at radius 1 is 1.20 bits per heavy atom. The molecule has 0 aliphatic rings. The molecule has 0 bridgehead atoms. The standard InChI is InChI=1S/C15H14N2O3/c1-10-12(15(19)20-2)6-3-7-13(10)17-14(18)11-5-4-8-16-9-11/h3-9H,1-2H3,(H,17,18). The molecule has 5 heteroatoms. The molecule has 1 aromatic heterocycles. The Kier molecular flexibility index (Phi) is 4.10. The molecule has 1 aromatic carbocycles. The van der Waals surface area contributed by atoms with Gasteiger partial charge in [-0.2, -0.15) is 0 Å². The summed E-state index contributed by atoms with van der Waals surface area (Å²) in [6, 6.07) is 8.43. The fraction of sp³-hybridized carbons (Fsp3) is 0.133. The van der Waals surface area contributed by atoms with E-state index in [2.05, 4.69) is 10.3 Å². The number of aromatic nitrogens is 1. The van der Waals surface area contributed by atoms with Gasteiger partial charge in [0.05, 0.1) is 18.2 Å². The Morgan fingerprint density at radius 3 is 2.65 bits per heavy atom. The van der Waals surface area contributed by atoms with E-state index >= 15 is 0 Å². The molecule has 1 heterocycles. The van der Waals surface area contributed by atoms with Crippen LogP contribution in [0.25, 0.3) is 0 Å². The Labute approximate surface area is 116 Å². The number of amides is 1. The maximum Gasteiger partial charge on any atom is 0.338 e. The molecule has 102 valence electrons. The number of esters is 1. The lowest BCUT2D eigenvalue weighted by atomic mass is 10.1. The third-order valence-corrected chi connectivity index (χ3v) is 2.91. The second-order valence-electron chi connectivity index (χ2n) is 4.17. The normalized spacial score (nSPS) is 9.90. The van der Waals surface area contributed by atoms with Crippen molar-refractivity contribution in [2.24, 2.45) is 0 Å². The van der Waals surface area contributed by atoms with Crippen molar-refractivity contribution in [3.63, 3.8) is 0 Å². The molecule has 0 fully saturated rings. The fourth-order valence-corrected chi connectivity index (χ4v) is 1.79. The summed E-state index contributed by atoms with van der Waals surface area (Å²) in [6.07, 6.45) is 3.08. The number of benzene rings is 1. The molecule has 2 rings (SSSR count). The highest BCUT2D eigenvalue weighted by molar-refractivity contribution is 6.05. The molecular weight excluding hydrogens is 256 g/mol. The van der Waals surface area contributed by atoms with E-state index in [4.69, 9.17) is 4.74 Å². The zero-order chi connectivity index (χ0) is 14.5. The molecule has 0 unspecified atom stereocenters. The van der Waals surface area contributed by atoms with Gasteiger partial charge in [0.25, 0.3) is 5.91 Å². The molecule has 2 aromatic rings. The lowest BCUT2D eigenvalue weighted by Crippen LogP contribution is -2.14. The maximum absolute atomic E-state index is 12.0. The van der Waals surface area contributed by atoms with Gasteiger partial charge < -0.3 is 10.1 Å². The molecule has 1 amide bonds. The van der Waals surface area contributed by atoms with E-state index in [0.29, 0.717) is 22.4 Å². The first-order chi connectivity index (χ1) is 9.63. The summed E-state index contributed by atoms with van der Waals surface area (Å²) in [5.74, 6) is -0.705. The van der Waals surface area contributed by atoms with Crippen LogP contribution in [0.1, 0.15) is 26.3 Å². The number of methoxy groups -OCH3 is 1. The molecule has 0 aliphatic heterocycles. The van der Waals surface area contributed by atoms with Crippen LogP contribution < -0.4 is 5.32 Å². The van der Waals surface area contributed by atoms with E-state index in [1.54, 1.807) is 43.5 Å². The van der Waals surface area contributed by atoms with E-state index in [0.717, 1.165) is 0 Å². The third kappa shape index (κ3) is 2.83. The average molecular weight is 270 g/mol. The minimum absolute atomic E-state index is 0.275. The number of carbonyl (C=O) groups is 2. The van der Waals surface area contributed by atoms with Crippen molar-refractivity contribution in [2.45, 2.75) is 6.92 Å². The topological polar surface area (TPSA) is 68.3 Å². The van der Waals surface area contributed by atoms with E-state index < -0.39 is 5.97 Å². The highest BCUT2D eigenvalue weighted by Crippen LogP contribution is 2.20. The van der Waals surface area contributed by atoms with Crippen LogP contribution in [0.15, 0.2) is 42.7 Å². The van der Waals surface area contributed by atoms with Crippen LogP contribution in [0, 0.1) is 6.92 Å². The molecular formula is C15H14N2O3. The van der Waals surface area contributed by atoms with Crippen molar-refractivity contribution in [3.8, 4) is 0 Å². The van der Waals surface area contributed by atoms with Gasteiger partial charge in [0.1, 0.15) is 0 Å². The molecule has 0 spiro atoms. The first-order valence-electron chi connectivity index (χ1n) is 6.03. The quantitative estimate of drug-likeness (QED) is 0.870. The Morgan fingerprint density at radius 2 is 2.00 bits per heavy atom. The largest absolute Gasteiger partial charge is 0.465 e. The summed E-state index contributed by atoms with van der Waals surface area (Å²) in [5.41, 5.74) is 2.12. The van der Waals surface area contributed by atoms with Crippen LogP contribution in [0.2, 0.25) is 0 Å². The molecule has 0 saturated heterocycles. The van der Waals surface area contributed by atoms with Gasteiger partial charge in [0.2, 0.25) is 0 Å². The lowest BCUT2D eigenvalue weighted by molar-refractivity contribution is 0.0599. The van der Waals surface area contributed by atoms with E-state index in [-0.39, 0.29) is 5.91 Å². The summed E-state index contributed by atoms with van der Waals surface area (Å²) in [6.45, 7) is 1.76. The SMILES string of the molecule is COC(=O)c1cccc(NC(=O)c2cccnc2)c1C. The molecule has 20 heavy (non-hydrogen) atoms. The fourth-order valence-electron chi connectivity index (χ4n) is 1.79.